The Kier molecular flexibility index (Phi) is 3.44. The normalized spacial score (nSPS) is 28.6. The molecule has 0 saturated heterocycles. The second kappa shape index (κ2) is 5.08. The summed E-state index contributed by atoms with van der Waals surface area (Å²) in [4.78, 5) is 4.96. The van der Waals surface area contributed by atoms with Crippen LogP contribution in [-0.4, -0.2) is 16.5 Å². The SMILES string of the molecule is Cc1ccc(C(N)=S)c(NCC2CC3CCC2C3)n1. The van der Waals surface area contributed by atoms with Crippen LogP contribution in [0.25, 0.3) is 0 Å². The molecule has 19 heavy (non-hydrogen) atoms. The van der Waals surface area contributed by atoms with E-state index in [1.165, 1.54) is 25.7 Å². The zero-order chi connectivity index (χ0) is 13.4. The number of nitrogens with zero attached hydrogens (tertiary/aromatic N) is 1. The number of rotatable bonds is 4. The summed E-state index contributed by atoms with van der Waals surface area (Å²) >= 11 is 5.09. The van der Waals surface area contributed by atoms with Crippen molar-refractivity contribution in [3.8, 4) is 0 Å². The van der Waals surface area contributed by atoms with Crippen LogP contribution in [0.15, 0.2) is 12.1 Å². The van der Waals surface area contributed by atoms with Gasteiger partial charge in [-0.1, -0.05) is 18.6 Å². The van der Waals surface area contributed by atoms with Crippen molar-refractivity contribution in [3.63, 3.8) is 0 Å². The fraction of sp³-hybridized carbons (Fsp3) is 0.600. The molecule has 0 spiro atoms. The van der Waals surface area contributed by atoms with Crippen molar-refractivity contribution in [3.05, 3.63) is 23.4 Å². The van der Waals surface area contributed by atoms with Gasteiger partial charge in [0.05, 0.1) is 5.56 Å². The summed E-state index contributed by atoms with van der Waals surface area (Å²) in [6.45, 7) is 3.00. The first-order chi connectivity index (χ1) is 9.13. The van der Waals surface area contributed by atoms with Gasteiger partial charge in [-0.3, -0.25) is 0 Å². The highest BCUT2D eigenvalue weighted by Gasteiger charge is 2.39. The second-order valence-corrected chi connectivity index (χ2v) is 6.47. The Bertz CT molecular complexity index is 500. The highest BCUT2D eigenvalue weighted by molar-refractivity contribution is 7.80. The summed E-state index contributed by atoms with van der Waals surface area (Å²) in [5, 5.41) is 3.48. The summed E-state index contributed by atoms with van der Waals surface area (Å²) in [7, 11) is 0. The number of nitrogens with one attached hydrogen (secondary N) is 1. The molecule has 3 nitrogen and oxygen atoms in total. The fourth-order valence-corrected chi connectivity index (χ4v) is 3.91. The number of anilines is 1. The molecule has 3 rings (SSSR count). The topological polar surface area (TPSA) is 50.9 Å². The maximum Gasteiger partial charge on any atom is 0.136 e. The van der Waals surface area contributed by atoms with Gasteiger partial charge in [-0.2, -0.15) is 0 Å². The van der Waals surface area contributed by atoms with Crippen LogP contribution in [0.4, 0.5) is 5.82 Å². The lowest BCUT2D eigenvalue weighted by Gasteiger charge is -2.22. The van der Waals surface area contributed by atoms with E-state index in [1.807, 2.05) is 19.1 Å². The third-order valence-corrected chi connectivity index (χ3v) is 4.94. The minimum atomic E-state index is 0.419. The minimum absolute atomic E-state index is 0.419. The van der Waals surface area contributed by atoms with Crippen molar-refractivity contribution in [1.29, 1.82) is 0 Å². The quantitative estimate of drug-likeness (QED) is 0.830. The van der Waals surface area contributed by atoms with Gasteiger partial charge in [0.25, 0.3) is 0 Å². The van der Waals surface area contributed by atoms with E-state index in [9.17, 15) is 0 Å². The first-order valence-electron chi connectivity index (χ1n) is 7.15. The summed E-state index contributed by atoms with van der Waals surface area (Å²) in [5.41, 5.74) is 7.62. The van der Waals surface area contributed by atoms with Crippen molar-refractivity contribution in [1.82, 2.24) is 4.98 Å². The predicted octanol–water partition coefficient (Wildman–Crippen LogP) is 2.87. The molecular formula is C15H21N3S. The van der Waals surface area contributed by atoms with Crippen molar-refractivity contribution in [2.24, 2.45) is 23.5 Å². The van der Waals surface area contributed by atoms with Gasteiger partial charge >= 0.3 is 0 Å². The average Bonchev–Trinajstić information content (AvgIpc) is 2.98. The van der Waals surface area contributed by atoms with E-state index in [1.54, 1.807) is 0 Å². The standard InChI is InChI=1S/C15H21N3S/c1-9-2-5-13(14(16)19)15(18-9)17-8-12-7-10-3-4-11(12)6-10/h2,5,10-12H,3-4,6-8H2,1H3,(H2,16,19)(H,17,18). The molecule has 4 heteroatoms. The molecule has 0 aromatic carbocycles. The highest BCUT2D eigenvalue weighted by atomic mass is 32.1. The van der Waals surface area contributed by atoms with Crippen molar-refractivity contribution < 1.29 is 0 Å². The third kappa shape index (κ3) is 2.59. The van der Waals surface area contributed by atoms with Crippen LogP contribution in [0.5, 0.6) is 0 Å². The summed E-state index contributed by atoms with van der Waals surface area (Å²) in [6, 6.07) is 3.92. The van der Waals surface area contributed by atoms with Crippen LogP contribution in [0.3, 0.4) is 0 Å². The maximum atomic E-state index is 5.76. The molecule has 2 aliphatic carbocycles. The molecule has 3 unspecified atom stereocenters. The summed E-state index contributed by atoms with van der Waals surface area (Å²) in [5.74, 6) is 3.57. The van der Waals surface area contributed by atoms with Gasteiger partial charge in [-0.05, 0) is 56.1 Å². The monoisotopic (exact) mass is 275 g/mol. The van der Waals surface area contributed by atoms with Gasteiger partial charge in [0.15, 0.2) is 0 Å². The Hall–Kier alpha value is -1.16. The molecular weight excluding hydrogens is 254 g/mol. The molecule has 3 atom stereocenters. The summed E-state index contributed by atoms with van der Waals surface area (Å²) < 4.78 is 0. The minimum Gasteiger partial charge on any atom is -0.389 e. The number of thiocarbonyl (C=S) groups is 1. The van der Waals surface area contributed by atoms with Gasteiger partial charge < -0.3 is 11.1 Å². The first-order valence-corrected chi connectivity index (χ1v) is 7.55. The number of hydrogen-bond donors (Lipinski definition) is 2. The van der Waals surface area contributed by atoms with E-state index in [0.717, 1.165) is 41.4 Å². The number of fused-ring (bicyclic) bond motifs is 2. The van der Waals surface area contributed by atoms with E-state index in [-0.39, 0.29) is 0 Å². The van der Waals surface area contributed by atoms with Gasteiger partial charge in [-0.25, -0.2) is 4.98 Å². The molecule has 2 fully saturated rings. The van der Waals surface area contributed by atoms with E-state index in [4.69, 9.17) is 18.0 Å². The molecule has 0 amide bonds. The lowest BCUT2D eigenvalue weighted by atomic mass is 9.89. The van der Waals surface area contributed by atoms with E-state index in [0.29, 0.717) is 4.99 Å². The van der Waals surface area contributed by atoms with Gasteiger partial charge in [-0.15, -0.1) is 0 Å². The van der Waals surface area contributed by atoms with Crippen molar-refractivity contribution in [2.45, 2.75) is 32.6 Å². The van der Waals surface area contributed by atoms with Crippen molar-refractivity contribution in [2.75, 3.05) is 11.9 Å². The Labute approximate surface area is 120 Å². The number of hydrogen-bond acceptors (Lipinski definition) is 3. The molecule has 3 N–H and O–H groups in total. The Balaban J connectivity index is 1.69. The zero-order valence-electron chi connectivity index (χ0n) is 11.4. The van der Waals surface area contributed by atoms with Gasteiger partial charge in [0.1, 0.15) is 10.8 Å². The van der Waals surface area contributed by atoms with Crippen LogP contribution in [0.2, 0.25) is 0 Å². The van der Waals surface area contributed by atoms with Gasteiger partial charge in [0.2, 0.25) is 0 Å². The smallest absolute Gasteiger partial charge is 0.136 e. The molecule has 2 saturated carbocycles. The molecule has 2 aliphatic rings. The zero-order valence-corrected chi connectivity index (χ0v) is 12.2. The van der Waals surface area contributed by atoms with Crippen LogP contribution < -0.4 is 11.1 Å². The maximum absolute atomic E-state index is 5.76. The molecule has 2 bridgehead atoms. The highest BCUT2D eigenvalue weighted by Crippen LogP contribution is 2.48. The van der Waals surface area contributed by atoms with Crippen LogP contribution >= 0.6 is 12.2 Å². The van der Waals surface area contributed by atoms with E-state index in [2.05, 4.69) is 10.3 Å². The van der Waals surface area contributed by atoms with Crippen LogP contribution in [0, 0.1) is 24.7 Å². The summed E-state index contributed by atoms with van der Waals surface area (Å²) in [6.07, 6.45) is 5.68. The lowest BCUT2D eigenvalue weighted by molar-refractivity contribution is 0.348. The van der Waals surface area contributed by atoms with Crippen molar-refractivity contribution >= 4 is 23.0 Å². The van der Waals surface area contributed by atoms with Gasteiger partial charge in [0, 0.05) is 12.2 Å². The van der Waals surface area contributed by atoms with E-state index >= 15 is 0 Å². The Morgan fingerprint density at radius 1 is 1.42 bits per heavy atom. The second-order valence-electron chi connectivity index (χ2n) is 6.03. The Morgan fingerprint density at radius 3 is 2.89 bits per heavy atom. The molecule has 1 aromatic heterocycles. The Morgan fingerprint density at radius 2 is 2.26 bits per heavy atom. The number of pyridine rings is 1. The molecule has 0 aliphatic heterocycles. The number of aromatic nitrogens is 1. The largest absolute Gasteiger partial charge is 0.389 e. The average molecular weight is 275 g/mol. The third-order valence-electron chi connectivity index (χ3n) is 4.72. The molecule has 1 aromatic rings. The molecule has 1 heterocycles. The lowest BCUT2D eigenvalue weighted by Crippen LogP contribution is -2.22. The van der Waals surface area contributed by atoms with E-state index < -0.39 is 0 Å². The molecule has 102 valence electrons. The van der Waals surface area contributed by atoms with Crippen LogP contribution in [-0.2, 0) is 0 Å². The fourth-order valence-electron chi connectivity index (χ4n) is 3.74. The first kappa shape index (κ1) is 12.9. The number of aryl methyl sites for hydroxylation is 1. The predicted molar refractivity (Wildman–Crippen MR) is 82.3 cm³/mol. The molecule has 0 radical (unpaired) electrons. The number of nitrogens with two attached hydrogens (primary N) is 1. The van der Waals surface area contributed by atoms with Crippen LogP contribution in [0.1, 0.15) is 36.9 Å².